The minimum absolute atomic E-state index is 0.00561. The van der Waals surface area contributed by atoms with Crippen molar-refractivity contribution in [3.63, 3.8) is 0 Å². The lowest BCUT2D eigenvalue weighted by atomic mass is 9.82. The Kier molecular flexibility index (Phi) is 8.67. The van der Waals surface area contributed by atoms with Crippen LogP contribution in [0.3, 0.4) is 0 Å². The highest BCUT2D eigenvalue weighted by atomic mass is 19.4. The zero-order valence-electron chi connectivity index (χ0n) is 22.0. The van der Waals surface area contributed by atoms with Crippen LogP contribution < -0.4 is 4.74 Å². The van der Waals surface area contributed by atoms with E-state index in [9.17, 15) is 26.3 Å². The van der Waals surface area contributed by atoms with Gasteiger partial charge in [0.1, 0.15) is 5.75 Å². The lowest BCUT2D eigenvalue weighted by molar-refractivity contribution is -0.143. The van der Waals surface area contributed by atoms with E-state index in [4.69, 9.17) is 4.74 Å². The van der Waals surface area contributed by atoms with E-state index in [1.54, 1.807) is 6.07 Å². The molecule has 0 bridgehead atoms. The monoisotopic (exact) mass is 542 g/mol. The second-order valence-corrected chi connectivity index (χ2v) is 10.7. The van der Waals surface area contributed by atoms with Gasteiger partial charge in [0.15, 0.2) is 0 Å². The van der Waals surface area contributed by atoms with E-state index >= 15 is 0 Å². The number of halogens is 6. The van der Waals surface area contributed by atoms with Crippen LogP contribution in [0.4, 0.5) is 26.3 Å². The topological polar surface area (TPSA) is 15.7 Å². The maximum Gasteiger partial charge on any atom is 0.416 e. The third kappa shape index (κ3) is 6.47. The molecule has 1 aliphatic carbocycles. The molecule has 1 heterocycles. The molecule has 1 saturated heterocycles. The summed E-state index contributed by atoms with van der Waals surface area (Å²) in [4.78, 5) is 4.75. The minimum Gasteiger partial charge on any atom is -0.496 e. The van der Waals surface area contributed by atoms with E-state index in [0.717, 1.165) is 37.2 Å². The molecule has 1 aliphatic heterocycles. The van der Waals surface area contributed by atoms with Gasteiger partial charge in [-0.1, -0.05) is 37.5 Å². The molecule has 4 rings (SSSR count). The predicted octanol–water partition coefficient (Wildman–Crippen LogP) is 7.53. The maximum absolute atomic E-state index is 13.6. The first-order chi connectivity index (χ1) is 17.9. The highest BCUT2D eigenvalue weighted by molar-refractivity contribution is 5.42. The summed E-state index contributed by atoms with van der Waals surface area (Å²) in [6.07, 6.45) is -2.87. The van der Waals surface area contributed by atoms with Gasteiger partial charge in [-0.05, 0) is 69.0 Å². The number of hydrogen-bond donors (Lipinski definition) is 0. The van der Waals surface area contributed by atoms with E-state index in [2.05, 4.69) is 9.80 Å². The summed E-state index contributed by atoms with van der Waals surface area (Å²) < 4.78 is 87.4. The largest absolute Gasteiger partial charge is 0.496 e. The average Bonchev–Trinajstić information content (AvgIpc) is 3.15. The van der Waals surface area contributed by atoms with Crippen molar-refractivity contribution >= 4 is 0 Å². The first-order valence-electron chi connectivity index (χ1n) is 13.3. The Balaban J connectivity index is 1.73. The van der Waals surface area contributed by atoms with E-state index in [0.29, 0.717) is 24.9 Å². The predicted molar refractivity (Wildman–Crippen MR) is 135 cm³/mol. The zero-order valence-corrected chi connectivity index (χ0v) is 22.0. The van der Waals surface area contributed by atoms with Gasteiger partial charge in [-0.15, -0.1) is 0 Å². The third-order valence-electron chi connectivity index (χ3n) is 8.20. The van der Waals surface area contributed by atoms with Crippen LogP contribution in [0.5, 0.6) is 5.75 Å². The number of hydrogen-bond acceptors (Lipinski definition) is 3. The summed E-state index contributed by atoms with van der Waals surface area (Å²) in [5, 5.41) is 0. The molecular formula is C29H36F6N2O. The molecule has 0 aromatic heterocycles. The van der Waals surface area contributed by atoms with Crippen LogP contribution >= 0.6 is 0 Å². The van der Waals surface area contributed by atoms with Gasteiger partial charge in [-0.2, -0.15) is 26.3 Å². The fourth-order valence-corrected chi connectivity index (χ4v) is 6.23. The number of benzene rings is 2. The summed E-state index contributed by atoms with van der Waals surface area (Å²) in [6, 6.07) is 9.73. The smallest absolute Gasteiger partial charge is 0.416 e. The number of para-hydroxylation sites is 1. The van der Waals surface area contributed by atoms with Crippen molar-refractivity contribution in [3.8, 4) is 5.75 Å². The number of rotatable bonds is 6. The molecule has 2 aromatic carbocycles. The zero-order chi connectivity index (χ0) is 27.6. The number of alkyl halides is 6. The lowest BCUT2D eigenvalue weighted by Crippen LogP contribution is -2.48. The van der Waals surface area contributed by atoms with Crippen LogP contribution in [0.25, 0.3) is 0 Å². The third-order valence-corrected chi connectivity index (χ3v) is 8.20. The summed E-state index contributed by atoms with van der Waals surface area (Å²) in [7, 11) is 1.53. The Morgan fingerprint density at radius 1 is 0.789 bits per heavy atom. The molecule has 1 atom stereocenters. The normalized spacial score (nSPS) is 20.6. The first-order valence-corrected chi connectivity index (χ1v) is 13.3. The molecule has 0 N–H and O–H groups in total. The molecule has 2 aromatic rings. The van der Waals surface area contributed by atoms with Crippen molar-refractivity contribution in [2.24, 2.45) is 0 Å². The van der Waals surface area contributed by atoms with E-state index < -0.39 is 29.0 Å². The molecule has 0 radical (unpaired) electrons. The maximum atomic E-state index is 13.6. The molecule has 1 saturated carbocycles. The number of methoxy groups -OCH3 is 1. The Morgan fingerprint density at radius 2 is 1.42 bits per heavy atom. The van der Waals surface area contributed by atoms with Gasteiger partial charge in [0.2, 0.25) is 0 Å². The highest BCUT2D eigenvalue weighted by Crippen LogP contribution is 2.42. The second-order valence-electron chi connectivity index (χ2n) is 10.7. The Morgan fingerprint density at radius 3 is 2.03 bits per heavy atom. The van der Waals surface area contributed by atoms with E-state index in [1.165, 1.54) is 39.2 Å². The average molecular weight is 543 g/mol. The standard InChI is InChI=1S/C29H36F6N2O/c1-27(25-11-6-7-12-26(25)38-2,37-14-8-13-36(15-16-37)24-9-4-3-5-10-24)20-21-17-22(28(30,31)32)19-23(18-21)29(33,34)35/h6-7,11-12,17-19,24H,3-5,8-10,13-16,20H2,1-2H3. The van der Waals surface area contributed by atoms with Gasteiger partial charge in [-0.25, -0.2) is 0 Å². The molecule has 1 unspecified atom stereocenters. The molecule has 3 nitrogen and oxygen atoms in total. The fraction of sp³-hybridized carbons (Fsp3) is 0.586. The molecule has 9 heteroatoms. The number of nitrogens with zero attached hydrogens (tertiary/aromatic N) is 2. The lowest BCUT2D eigenvalue weighted by Gasteiger charge is -2.43. The molecule has 38 heavy (non-hydrogen) atoms. The quantitative estimate of drug-likeness (QED) is 0.351. The molecular weight excluding hydrogens is 506 g/mol. The summed E-state index contributed by atoms with van der Waals surface area (Å²) >= 11 is 0. The van der Waals surface area contributed by atoms with Gasteiger partial charge in [0.25, 0.3) is 0 Å². The first kappa shape index (κ1) is 28.7. The molecule has 0 spiro atoms. The van der Waals surface area contributed by atoms with Gasteiger partial charge in [0.05, 0.1) is 23.8 Å². The highest BCUT2D eigenvalue weighted by Gasteiger charge is 2.41. The Hall–Kier alpha value is -2.26. The van der Waals surface area contributed by atoms with Crippen molar-refractivity contribution in [2.45, 2.75) is 75.8 Å². The van der Waals surface area contributed by atoms with Gasteiger partial charge < -0.3 is 4.74 Å². The van der Waals surface area contributed by atoms with Crippen molar-refractivity contribution < 1.29 is 31.1 Å². The molecule has 210 valence electrons. The molecule has 2 fully saturated rings. The number of ether oxygens (including phenoxy) is 1. The van der Waals surface area contributed by atoms with Crippen LogP contribution in [0.1, 0.15) is 67.7 Å². The van der Waals surface area contributed by atoms with Crippen LogP contribution in [0.15, 0.2) is 42.5 Å². The van der Waals surface area contributed by atoms with Gasteiger partial charge in [0, 0.05) is 31.2 Å². The van der Waals surface area contributed by atoms with Crippen molar-refractivity contribution in [3.05, 3.63) is 64.7 Å². The summed E-state index contributed by atoms with van der Waals surface area (Å²) in [5.74, 6) is 0.561. The van der Waals surface area contributed by atoms with Crippen LogP contribution in [0, 0.1) is 0 Å². The minimum atomic E-state index is -4.89. The van der Waals surface area contributed by atoms with Crippen molar-refractivity contribution in [1.29, 1.82) is 0 Å². The van der Waals surface area contributed by atoms with Crippen LogP contribution in [-0.2, 0) is 24.3 Å². The summed E-state index contributed by atoms with van der Waals surface area (Å²) in [6.45, 7) is 5.00. The van der Waals surface area contributed by atoms with E-state index in [-0.39, 0.29) is 18.1 Å². The van der Waals surface area contributed by atoms with Crippen LogP contribution in [0.2, 0.25) is 0 Å². The van der Waals surface area contributed by atoms with E-state index in [1.807, 2.05) is 25.1 Å². The van der Waals surface area contributed by atoms with Gasteiger partial charge in [-0.3, -0.25) is 9.80 Å². The molecule has 2 aliphatic rings. The second kappa shape index (κ2) is 11.5. The fourth-order valence-electron chi connectivity index (χ4n) is 6.23. The summed E-state index contributed by atoms with van der Waals surface area (Å²) in [5.41, 5.74) is -2.72. The van der Waals surface area contributed by atoms with Crippen LogP contribution in [-0.4, -0.2) is 49.1 Å². The van der Waals surface area contributed by atoms with Gasteiger partial charge >= 0.3 is 12.4 Å². The van der Waals surface area contributed by atoms with Crippen molar-refractivity contribution in [2.75, 3.05) is 33.3 Å². The van der Waals surface area contributed by atoms with Crippen molar-refractivity contribution in [1.82, 2.24) is 9.80 Å². The Labute approximate surface area is 220 Å². The SMILES string of the molecule is COc1ccccc1C(C)(Cc1cc(C(F)(F)F)cc(C(F)(F)F)c1)N1CCCN(C2CCCCC2)CC1. The molecule has 0 amide bonds. The Bertz CT molecular complexity index is 1050.